The Hall–Kier alpha value is -3.21. The maximum atomic E-state index is 12.4. The molecule has 3 aromatic rings. The molecule has 0 spiro atoms. The van der Waals surface area contributed by atoms with E-state index in [2.05, 4.69) is 20.1 Å². The first-order chi connectivity index (χ1) is 11.7. The van der Waals surface area contributed by atoms with E-state index in [9.17, 15) is 4.79 Å². The third kappa shape index (κ3) is 3.25. The average Bonchev–Trinajstić information content (AvgIpc) is 2.91. The Balaban J connectivity index is 1.80. The van der Waals surface area contributed by atoms with Crippen LogP contribution in [0.15, 0.2) is 65.9 Å². The summed E-state index contributed by atoms with van der Waals surface area (Å²) in [4.78, 5) is 16.5. The zero-order valence-corrected chi connectivity index (χ0v) is 13.6. The van der Waals surface area contributed by atoms with E-state index in [-0.39, 0.29) is 5.91 Å². The molecule has 0 aliphatic rings. The Labute approximate surface area is 140 Å². The molecule has 2 heterocycles. The molecule has 0 fully saturated rings. The van der Waals surface area contributed by atoms with Gasteiger partial charge in [0.05, 0.1) is 17.5 Å². The summed E-state index contributed by atoms with van der Waals surface area (Å²) in [6, 6.07) is 17.3. The van der Waals surface area contributed by atoms with E-state index in [0.29, 0.717) is 11.3 Å². The summed E-state index contributed by atoms with van der Waals surface area (Å²) in [5.74, 6) is -0.238. The fraction of sp³-hybridized carbons (Fsp3) is 0.105. The summed E-state index contributed by atoms with van der Waals surface area (Å²) in [7, 11) is 0. The lowest BCUT2D eigenvalue weighted by Gasteiger charge is -2.09. The van der Waals surface area contributed by atoms with Gasteiger partial charge in [-0.15, -0.1) is 0 Å². The van der Waals surface area contributed by atoms with Crippen LogP contribution in [-0.4, -0.2) is 21.7 Å². The van der Waals surface area contributed by atoms with Gasteiger partial charge in [-0.1, -0.05) is 24.3 Å². The molecule has 0 bridgehead atoms. The van der Waals surface area contributed by atoms with Crippen LogP contribution < -0.4 is 5.43 Å². The van der Waals surface area contributed by atoms with Crippen molar-refractivity contribution >= 4 is 12.1 Å². The van der Waals surface area contributed by atoms with Gasteiger partial charge in [-0.2, -0.15) is 5.10 Å². The first-order valence-electron chi connectivity index (χ1n) is 7.65. The second kappa shape index (κ2) is 6.91. The number of nitrogens with zero attached hydrogens (tertiary/aromatic N) is 3. The van der Waals surface area contributed by atoms with Crippen LogP contribution in [0.25, 0.3) is 5.69 Å². The zero-order chi connectivity index (χ0) is 16.9. The van der Waals surface area contributed by atoms with E-state index in [4.69, 9.17) is 0 Å². The first-order valence-corrected chi connectivity index (χ1v) is 7.65. The minimum absolute atomic E-state index is 0.238. The molecule has 3 rings (SSSR count). The van der Waals surface area contributed by atoms with Crippen molar-refractivity contribution in [3.8, 4) is 5.69 Å². The lowest BCUT2D eigenvalue weighted by atomic mass is 10.2. The summed E-state index contributed by atoms with van der Waals surface area (Å²) in [6.45, 7) is 3.91. The molecule has 2 aromatic heterocycles. The van der Waals surface area contributed by atoms with Gasteiger partial charge in [-0.05, 0) is 44.2 Å². The molecule has 1 aromatic carbocycles. The molecule has 24 heavy (non-hydrogen) atoms. The number of carbonyl (C=O) groups is 1. The number of rotatable bonds is 4. The molecule has 0 aliphatic carbocycles. The van der Waals surface area contributed by atoms with Crippen molar-refractivity contribution in [3.63, 3.8) is 0 Å². The highest BCUT2D eigenvalue weighted by Crippen LogP contribution is 2.20. The van der Waals surface area contributed by atoms with Gasteiger partial charge in [0.2, 0.25) is 0 Å². The van der Waals surface area contributed by atoms with Crippen LogP contribution in [0.4, 0.5) is 0 Å². The number of hydrogen-bond acceptors (Lipinski definition) is 3. The molecule has 120 valence electrons. The Morgan fingerprint density at radius 3 is 2.58 bits per heavy atom. The Kier molecular flexibility index (Phi) is 4.52. The van der Waals surface area contributed by atoms with Crippen LogP contribution in [0, 0.1) is 13.8 Å². The number of benzene rings is 1. The van der Waals surface area contributed by atoms with Crippen LogP contribution in [-0.2, 0) is 0 Å². The molecule has 5 nitrogen and oxygen atoms in total. The number of hydrazone groups is 1. The molecule has 1 amide bonds. The topological polar surface area (TPSA) is 59.3 Å². The first kappa shape index (κ1) is 15.7. The van der Waals surface area contributed by atoms with Crippen molar-refractivity contribution in [1.82, 2.24) is 15.0 Å². The summed E-state index contributed by atoms with van der Waals surface area (Å²) < 4.78 is 2.05. The third-order valence-electron chi connectivity index (χ3n) is 3.74. The van der Waals surface area contributed by atoms with Gasteiger partial charge in [-0.25, -0.2) is 5.43 Å². The van der Waals surface area contributed by atoms with Gasteiger partial charge < -0.3 is 4.57 Å². The van der Waals surface area contributed by atoms with Gasteiger partial charge in [0.1, 0.15) is 0 Å². The zero-order valence-electron chi connectivity index (χ0n) is 13.6. The monoisotopic (exact) mass is 318 g/mol. The lowest BCUT2D eigenvalue weighted by Crippen LogP contribution is -2.18. The van der Waals surface area contributed by atoms with Crippen molar-refractivity contribution in [2.75, 3.05) is 0 Å². The van der Waals surface area contributed by atoms with E-state index < -0.39 is 0 Å². The standard InChI is InChI=1S/C19H18N4O/c1-14-12-18(15(2)23(14)17-9-4-3-5-10-17)19(24)22-21-13-16-8-6-7-11-20-16/h3-13H,1-2H3,(H,22,24)/b21-13+. The largest absolute Gasteiger partial charge is 0.318 e. The number of carbonyl (C=O) groups excluding carboxylic acids is 1. The van der Waals surface area contributed by atoms with Crippen LogP contribution >= 0.6 is 0 Å². The van der Waals surface area contributed by atoms with E-state index in [0.717, 1.165) is 17.1 Å². The van der Waals surface area contributed by atoms with E-state index in [1.807, 2.05) is 68.4 Å². The summed E-state index contributed by atoms with van der Waals surface area (Å²) in [6.07, 6.45) is 3.20. The van der Waals surface area contributed by atoms with E-state index >= 15 is 0 Å². The molecule has 1 N–H and O–H groups in total. The smallest absolute Gasteiger partial charge is 0.273 e. The number of nitrogens with one attached hydrogen (secondary N) is 1. The molecule has 0 saturated carbocycles. The molecule has 5 heteroatoms. The Bertz CT molecular complexity index is 867. The van der Waals surface area contributed by atoms with Crippen LogP contribution in [0.5, 0.6) is 0 Å². The van der Waals surface area contributed by atoms with Crippen LogP contribution in [0.2, 0.25) is 0 Å². The van der Waals surface area contributed by atoms with E-state index in [1.165, 1.54) is 6.21 Å². The average molecular weight is 318 g/mol. The minimum atomic E-state index is -0.238. The van der Waals surface area contributed by atoms with Crippen molar-refractivity contribution in [2.45, 2.75) is 13.8 Å². The molecule has 0 unspecified atom stereocenters. The number of aryl methyl sites for hydroxylation is 1. The maximum absolute atomic E-state index is 12.4. The van der Waals surface area contributed by atoms with E-state index in [1.54, 1.807) is 6.20 Å². The predicted molar refractivity (Wildman–Crippen MR) is 94.5 cm³/mol. The lowest BCUT2D eigenvalue weighted by molar-refractivity contribution is 0.0954. The van der Waals surface area contributed by atoms with Crippen LogP contribution in [0.3, 0.4) is 0 Å². The highest BCUT2D eigenvalue weighted by Gasteiger charge is 2.16. The molecular weight excluding hydrogens is 300 g/mol. The van der Waals surface area contributed by atoms with Crippen molar-refractivity contribution in [3.05, 3.63) is 83.4 Å². The van der Waals surface area contributed by atoms with Crippen molar-refractivity contribution < 1.29 is 4.79 Å². The quantitative estimate of drug-likeness (QED) is 0.593. The highest BCUT2D eigenvalue weighted by molar-refractivity contribution is 5.96. The second-order valence-corrected chi connectivity index (χ2v) is 5.41. The van der Waals surface area contributed by atoms with Crippen molar-refractivity contribution in [2.24, 2.45) is 5.10 Å². The Morgan fingerprint density at radius 1 is 1.12 bits per heavy atom. The summed E-state index contributed by atoms with van der Waals surface area (Å²) in [5.41, 5.74) is 6.76. The normalized spacial score (nSPS) is 10.9. The third-order valence-corrected chi connectivity index (χ3v) is 3.74. The fourth-order valence-corrected chi connectivity index (χ4v) is 2.64. The highest BCUT2D eigenvalue weighted by atomic mass is 16.2. The molecule has 0 aliphatic heterocycles. The van der Waals surface area contributed by atoms with Crippen molar-refractivity contribution in [1.29, 1.82) is 0 Å². The number of hydrogen-bond donors (Lipinski definition) is 1. The fourth-order valence-electron chi connectivity index (χ4n) is 2.64. The van der Waals surface area contributed by atoms with Gasteiger partial charge in [-0.3, -0.25) is 9.78 Å². The maximum Gasteiger partial charge on any atom is 0.273 e. The number of para-hydroxylation sites is 1. The van der Waals surface area contributed by atoms with Gasteiger partial charge in [0.25, 0.3) is 5.91 Å². The number of amides is 1. The molecule has 0 radical (unpaired) electrons. The molecular formula is C19H18N4O. The van der Waals surface area contributed by atoms with Crippen LogP contribution in [0.1, 0.15) is 27.4 Å². The molecule has 0 saturated heterocycles. The van der Waals surface area contributed by atoms with Gasteiger partial charge >= 0.3 is 0 Å². The number of pyridine rings is 1. The molecule has 0 atom stereocenters. The summed E-state index contributed by atoms with van der Waals surface area (Å²) in [5, 5.41) is 3.97. The Morgan fingerprint density at radius 2 is 1.88 bits per heavy atom. The minimum Gasteiger partial charge on any atom is -0.318 e. The predicted octanol–water partition coefficient (Wildman–Crippen LogP) is 3.25. The van der Waals surface area contributed by atoms with Gasteiger partial charge in [0.15, 0.2) is 0 Å². The summed E-state index contributed by atoms with van der Waals surface area (Å²) >= 11 is 0. The second-order valence-electron chi connectivity index (χ2n) is 5.41. The van der Waals surface area contributed by atoms with Gasteiger partial charge in [0, 0.05) is 23.3 Å². The number of aromatic nitrogens is 2. The SMILES string of the molecule is Cc1cc(C(=O)N/N=C/c2ccccn2)c(C)n1-c1ccccc1.